The van der Waals surface area contributed by atoms with Crippen molar-refractivity contribution >= 4 is 39.1 Å². The Bertz CT molecular complexity index is 953. The first kappa shape index (κ1) is 19.1. The summed E-state index contributed by atoms with van der Waals surface area (Å²) in [5, 5.41) is 3.86. The van der Waals surface area contributed by atoms with Crippen molar-refractivity contribution in [2.24, 2.45) is 0 Å². The van der Waals surface area contributed by atoms with E-state index in [1.807, 2.05) is 30.3 Å². The van der Waals surface area contributed by atoms with Gasteiger partial charge in [0.2, 0.25) is 0 Å². The van der Waals surface area contributed by atoms with Crippen LogP contribution in [-0.4, -0.2) is 0 Å². The fourth-order valence-corrected chi connectivity index (χ4v) is 9.01. The molecule has 0 saturated carbocycles. The molecule has 0 aliphatic heterocycles. The first-order valence-corrected chi connectivity index (χ1v) is 12.3. The Labute approximate surface area is 174 Å². The number of halogens is 2. The molecule has 4 aromatic rings. The van der Waals surface area contributed by atoms with Crippen LogP contribution in [-0.2, 0) is 6.16 Å². The van der Waals surface area contributed by atoms with Crippen LogP contribution < -0.4 is 15.9 Å². The Morgan fingerprint density at radius 2 is 1.04 bits per heavy atom. The van der Waals surface area contributed by atoms with E-state index in [-0.39, 0.29) is 5.82 Å². The van der Waals surface area contributed by atoms with Crippen molar-refractivity contribution in [1.82, 2.24) is 0 Å². The Kier molecular flexibility index (Phi) is 5.71. The van der Waals surface area contributed by atoms with Crippen molar-refractivity contribution in [3.8, 4) is 0 Å². The minimum atomic E-state index is -2.47. The maximum absolute atomic E-state index is 14.9. The van der Waals surface area contributed by atoms with E-state index in [9.17, 15) is 4.39 Å². The molecule has 0 radical (unpaired) electrons. The summed E-state index contributed by atoms with van der Waals surface area (Å²) >= 11 is 3.38. The van der Waals surface area contributed by atoms with Gasteiger partial charge in [0.1, 0.15) is 0 Å². The third kappa shape index (κ3) is 3.68. The van der Waals surface area contributed by atoms with Gasteiger partial charge in [-0.3, -0.25) is 0 Å². The zero-order valence-corrected chi connectivity index (χ0v) is 17.9. The molecule has 0 aliphatic rings. The van der Waals surface area contributed by atoms with E-state index < -0.39 is 7.26 Å². The summed E-state index contributed by atoms with van der Waals surface area (Å²) in [6.07, 6.45) is 0.671. The van der Waals surface area contributed by atoms with Gasteiger partial charge < -0.3 is 0 Å². The molecule has 0 aromatic heterocycles. The second kappa shape index (κ2) is 8.39. The fraction of sp³-hybridized carbons (Fsp3) is 0.0400. The van der Waals surface area contributed by atoms with Gasteiger partial charge in [-0.1, -0.05) is 0 Å². The summed E-state index contributed by atoms with van der Waals surface area (Å²) in [6, 6.07) is 37.2. The molecule has 0 saturated heterocycles. The Balaban J connectivity index is 2.01. The third-order valence-corrected chi connectivity index (χ3v) is 10.6. The molecule has 0 aliphatic carbocycles. The van der Waals surface area contributed by atoms with E-state index in [1.165, 1.54) is 15.9 Å². The Morgan fingerprint density at radius 1 is 0.607 bits per heavy atom. The molecule has 140 valence electrons. The van der Waals surface area contributed by atoms with E-state index in [4.69, 9.17) is 0 Å². The van der Waals surface area contributed by atoms with E-state index >= 15 is 0 Å². The predicted molar refractivity (Wildman–Crippen MR) is 124 cm³/mol. The summed E-state index contributed by atoms with van der Waals surface area (Å²) in [5.74, 6) is -0.158. The van der Waals surface area contributed by atoms with Crippen molar-refractivity contribution in [1.29, 1.82) is 0 Å². The summed E-state index contributed by atoms with van der Waals surface area (Å²) in [5.41, 5.74) is 0.756. The molecule has 0 unspecified atom stereocenters. The van der Waals surface area contributed by atoms with Gasteiger partial charge in [-0.2, -0.15) is 0 Å². The van der Waals surface area contributed by atoms with Crippen LogP contribution >= 0.6 is 23.2 Å². The molecule has 0 atom stereocenters. The topological polar surface area (TPSA) is 0 Å². The molecule has 4 rings (SSSR count). The molecule has 28 heavy (non-hydrogen) atoms. The number of benzene rings is 4. The summed E-state index contributed by atoms with van der Waals surface area (Å²) in [6.45, 7) is 0. The predicted octanol–water partition coefficient (Wildman–Crippen LogP) is 5.81. The number of hydrogen-bond acceptors (Lipinski definition) is 0. The monoisotopic (exact) mass is 450 g/mol. The van der Waals surface area contributed by atoms with Crippen LogP contribution in [0.3, 0.4) is 0 Å². The van der Waals surface area contributed by atoms with Crippen LogP contribution in [0.4, 0.5) is 4.39 Å². The standard InChI is InChI=1S/C25H21BrFP/c26-21-17-16-20(25(27)18-21)19-28(22-10-4-1-5-11-22,23-12-6-2-7-13-23)24-14-8-3-9-15-24/h1-18,28H,19H2. The van der Waals surface area contributed by atoms with Crippen LogP contribution in [0.1, 0.15) is 5.56 Å². The summed E-state index contributed by atoms with van der Waals surface area (Å²) in [4.78, 5) is 0. The molecule has 0 fully saturated rings. The molecule has 0 N–H and O–H groups in total. The molecule has 0 bridgehead atoms. The van der Waals surface area contributed by atoms with Crippen LogP contribution in [0.25, 0.3) is 0 Å². The second-order valence-corrected chi connectivity index (χ2v) is 11.7. The van der Waals surface area contributed by atoms with Crippen LogP contribution in [0.15, 0.2) is 114 Å². The minimum absolute atomic E-state index is 0.158. The quantitative estimate of drug-likeness (QED) is 0.336. The molecule has 3 heteroatoms. The van der Waals surface area contributed by atoms with Gasteiger partial charge in [0.15, 0.2) is 0 Å². The number of rotatable bonds is 5. The molecular formula is C25H21BrFP. The maximum atomic E-state index is 14.9. The first-order chi connectivity index (χ1) is 13.7. The van der Waals surface area contributed by atoms with Gasteiger partial charge in [0.25, 0.3) is 0 Å². The van der Waals surface area contributed by atoms with Gasteiger partial charge in [0, 0.05) is 0 Å². The van der Waals surface area contributed by atoms with E-state index in [0.717, 1.165) is 10.0 Å². The number of hydrogen-bond donors (Lipinski definition) is 0. The molecule has 4 aromatic carbocycles. The Morgan fingerprint density at radius 3 is 1.43 bits per heavy atom. The first-order valence-electron chi connectivity index (χ1n) is 9.31. The van der Waals surface area contributed by atoms with Crippen molar-refractivity contribution in [2.45, 2.75) is 6.16 Å². The normalized spacial score (nSPS) is 11.9. The molecular weight excluding hydrogens is 430 g/mol. The Hall–Kier alpha value is -2.28. The van der Waals surface area contributed by atoms with Crippen LogP contribution in [0, 0.1) is 5.82 Å². The molecule has 0 spiro atoms. The zero-order valence-electron chi connectivity index (χ0n) is 15.4. The SMILES string of the molecule is Fc1cc(Br)ccc1C[PH](c1ccccc1)(c1ccccc1)c1ccccc1. The van der Waals surface area contributed by atoms with Crippen LogP contribution in [0.2, 0.25) is 0 Å². The summed E-state index contributed by atoms with van der Waals surface area (Å²) in [7, 11) is -2.47. The van der Waals surface area contributed by atoms with Gasteiger partial charge >= 0.3 is 175 Å². The molecule has 0 amide bonds. The van der Waals surface area contributed by atoms with Gasteiger partial charge in [0.05, 0.1) is 0 Å². The van der Waals surface area contributed by atoms with Crippen molar-refractivity contribution < 1.29 is 4.39 Å². The van der Waals surface area contributed by atoms with Gasteiger partial charge in [-0.25, -0.2) is 0 Å². The second-order valence-electron chi connectivity index (χ2n) is 6.92. The van der Waals surface area contributed by atoms with E-state index in [0.29, 0.717) is 6.16 Å². The van der Waals surface area contributed by atoms with E-state index in [2.05, 4.69) is 88.7 Å². The zero-order chi connectivity index (χ0) is 19.4. The van der Waals surface area contributed by atoms with Crippen molar-refractivity contribution in [3.05, 3.63) is 125 Å². The van der Waals surface area contributed by atoms with Crippen molar-refractivity contribution in [2.75, 3.05) is 0 Å². The average molecular weight is 451 g/mol. The fourth-order valence-electron chi connectivity index (χ4n) is 3.92. The van der Waals surface area contributed by atoms with Crippen molar-refractivity contribution in [3.63, 3.8) is 0 Å². The van der Waals surface area contributed by atoms with E-state index in [1.54, 1.807) is 6.07 Å². The third-order valence-electron chi connectivity index (χ3n) is 5.27. The summed E-state index contributed by atoms with van der Waals surface area (Å²) < 4.78 is 15.7. The average Bonchev–Trinajstić information content (AvgIpc) is 2.75. The van der Waals surface area contributed by atoms with Crippen LogP contribution in [0.5, 0.6) is 0 Å². The molecule has 0 heterocycles. The molecule has 0 nitrogen and oxygen atoms in total. The van der Waals surface area contributed by atoms with Gasteiger partial charge in [-0.15, -0.1) is 0 Å². The van der Waals surface area contributed by atoms with Gasteiger partial charge in [-0.05, 0) is 0 Å².